The molecule has 0 N–H and O–H groups in total. The van der Waals surface area contributed by atoms with Crippen LogP contribution in [0.1, 0.15) is 361 Å². The Morgan fingerprint density at radius 2 is 0.474 bits per heavy atom. The average Bonchev–Trinajstić information content (AvgIpc) is 3.42. The van der Waals surface area contributed by atoms with Crippen molar-refractivity contribution < 1.29 is 28.6 Å². The number of ether oxygens (including phenoxy) is 3. The highest BCUT2D eigenvalue weighted by Gasteiger charge is 2.19. The number of allylic oxidation sites excluding steroid dienone is 8. The van der Waals surface area contributed by atoms with Crippen molar-refractivity contribution in [2.45, 2.75) is 367 Å². The molecule has 0 fully saturated rings. The summed E-state index contributed by atoms with van der Waals surface area (Å²) in [5.74, 6) is -0.858. The standard InChI is InChI=1S/C70H128O6/c1-4-7-10-13-16-19-22-25-27-28-29-30-31-32-33-34-35-36-37-38-39-40-41-42-43-46-48-51-54-57-60-63-69(72)75-66-67(65-74-68(71)62-59-56-53-50-47-44-24-21-18-15-12-9-6-3)76-70(73)64-61-58-55-52-49-45-26-23-20-17-14-11-8-5-2/h22-23,25-26,28-29,31-32,67H,4-21,24,27,30,33-66H2,1-3H3/b25-22-,26-23-,29-28-,32-31-. The lowest BCUT2D eigenvalue weighted by atomic mass is 10.0. The van der Waals surface area contributed by atoms with E-state index in [9.17, 15) is 14.4 Å². The quantitative estimate of drug-likeness (QED) is 0.0261. The highest BCUT2D eigenvalue weighted by atomic mass is 16.6. The van der Waals surface area contributed by atoms with Crippen LogP contribution in [0, 0.1) is 0 Å². The molecule has 0 aromatic rings. The minimum Gasteiger partial charge on any atom is -0.462 e. The zero-order chi connectivity index (χ0) is 55.0. The van der Waals surface area contributed by atoms with Crippen LogP contribution in [-0.4, -0.2) is 37.2 Å². The van der Waals surface area contributed by atoms with Gasteiger partial charge in [0.1, 0.15) is 13.2 Å². The van der Waals surface area contributed by atoms with Crippen LogP contribution in [-0.2, 0) is 28.6 Å². The summed E-state index contributed by atoms with van der Waals surface area (Å²) in [4.78, 5) is 38.3. The van der Waals surface area contributed by atoms with Crippen LogP contribution in [0.2, 0.25) is 0 Å². The van der Waals surface area contributed by atoms with Crippen molar-refractivity contribution >= 4 is 17.9 Å². The second-order valence-corrected chi connectivity index (χ2v) is 22.7. The Hall–Kier alpha value is -2.63. The van der Waals surface area contributed by atoms with Gasteiger partial charge in [0, 0.05) is 19.3 Å². The van der Waals surface area contributed by atoms with E-state index >= 15 is 0 Å². The van der Waals surface area contributed by atoms with Crippen LogP contribution in [0.15, 0.2) is 48.6 Å². The number of unbranched alkanes of at least 4 members (excludes halogenated alkanes) is 43. The number of esters is 3. The molecule has 1 unspecified atom stereocenters. The number of hydrogen-bond donors (Lipinski definition) is 0. The van der Waals surface area contributed by atoms with E-state index < -0.39 is 6.10 Å². The molecule has 0 aromatic heterocycles. The first-order valence-corrected chi connectivity index (χ1v) is 33.6. The summed E-state index contributed by atoms with van der Waals surface area (Å²) in [6.45, 7) is 6.66. The minimum atomic E-state index is -0.774. The third-order valence-electron chi connectivity index (χ3n) is 15.1. The lowest BCUT2D eigenvalue weighted by molar-refractivity contribution is -0.167. The highest BCUT2D eigenvalue weighted by Crippen LogP contribution is 2.17. The van der Waals surface area contributed by atoms with Crippen molar-refractivity contribution in [1.82, 2.24) is 0 Å². The van der Waals surface area contributed by atoms with Gasteiger partial charge in [-0.3, -0.25) is 14.4 Å². The van der Waals surface area contributed by atoms with Gasteiger partial charge in [-0.25, -0.2) is 0 Å². The maximum absolute atomic E-state index is 12.9. The predicted molar refractivity (Wildman–Crippen MR) is 330 cm³/mol. The summed E-state index contributed by atoms with van der Waals surface area (Å²) in [5, 5.41) is 0. The van der Waals surface area contributed by atoms with Gasteiger partial charge in [0.2, 0.25) is 0 Å². The largest absolute Gasteiger partial charge is 0.462 e. The lowest BCUT2D eigenvalue weighted by Gasteiger charge is -2.18. The summed E-state index contributed by atoms with van der Waals surface area (Å²) in [6, 6.07) is 0. The average molecular weight is 1070 g/mol. The molecule has 0 amide bonds. The zero-order valence-electron chi connectivity index (χ0n) is 51.0. The van der Waals surface area contributed by atoms with Gasteiger partial charge >= 0.3 is 17.9 Å². The summed E-state index contributed by atoms with van der Waals surface area (Å²) in [5.41, 5.74) is 0. The molecule has 444 valence electrons. The fourth-order valence-electron chi connectivity index (χ4n) is 9.98. The second-order valence-electron chi connectivity index (χ2n) is 22.7. The van der Waals surface area contributed by atoms with Crippen molar-refractivity contribution in [3.05, 3.63) is 48.6 Å². The predicted octanol–water partition coefficient (Wildman–Crippen LogP) is 22.9. The molecule has 0 bridgehead atoms. The van der Waals surface area contributed by atoms with Gasteiger partial charge in [-0.1, -0.05) is 307 Å². The Morgan fingerprint density at radius 3 is 0.750 bits per heavy atom. The summed E-state index contributed by atoms with van der Waals surface area (Å²) < 4.78 is 16.9. The third-order valence-corrected chi connectivity index (χ3v) is 15.1. The van der Waals surface area contributed by atoms with E-state index in [-0.39, 0.29) is 31.1 Å². The van der Waals surface area contributed by atoms with Gasteiger partial charge < -0.3 is 14.2 Å². The van der Waals surface area contributed by atoms with Crippen molar-refractivity contribution in [2.24, 2.45) is 0 Å². The van der Waals surface area contributed by atoms with Crippen LogP contribution < -0.4 is 0 Å². The molecule has 0 aliphatic rings. The van der Waals surface area contributed by atoms with Crippen molar-refractivity contribution in [1.29, 1.82) is 0 Å². The first kappa shape index (κ1) is 73.4. The maximum Gasteiger partial charge on any atom is 0.306 e. The van der Waals surface area contributed by atoms with Gasteiger partial charge in [0.05, 0.1) is 0 Å². The molecule has 0 aliphatic heterocycles. The fraction of sp³-hybridized carbons (Fsp3) is 0.843. The van der Waals surface area contributed by atoms with Gasteiger partial charge in [-0.15, -0.1) is 0 Å². The lowest BCUT2D eigenvalue weighted by Crippen LogP contribution is -2.30. The van der Waals surface area contributed by atoms with Crippen LogP contribution >= 0.6 is 0 Å². The van der Waals surface area contributed by atoms with E-state index in [0.717, 1.165) is 77.0 Å². The van der Waals surface area contributed by atoms with Crippen LogP contribution in [0.25, 0.3) is 0 Å². The molecule has 1 atom stereocenters. The van der Waals surface area contributed by atoms with Gasteiger partial charge in [0.15, 0.2) is 6.10 Å². The molecule has 6 heteroatoms. The molecule has 0 saturated heterocycles. The molecular weight excluding hydrogens is 937 g/mol. The number of rotatable bonds is 62. The zero-order valence-corrected chi connectivity index (χ0v) is 51.0. The van der Waals surface area contributed by atoms with Crippen LogP contribution in [0.5, 0.6) is 0 Å². The Bertz CT molecular complexity index is 1310. The molecular formula is C70H128O6. The number of hydrogen-bond acceptors (Lipinski definition) is 6. The Labute approximate surface area is 473 Å². The molecule has 0 heterocycles. The van der Waals surface area contributed by atoms with Crippen LogP contribution in [0.3, 0.4) is 0 Å². The Kier molecular flexibility index (Phi) is 62.6. The SMILES string of the molecule is CCCCCCC/C=C\C/C=C\C/C=C\CCCCCCCCCCCCCCCCCCC(=O)OCC(COC(=O)CCCCCCCCCCCCCCC)OC(=O)CCCCCCC/C=C\CCCCCCC. The third kappa shape index (κ3) is 62.2. The summed E-state index contributed by atoms with van der Waals surface area (Å²) in [6.07, 6.45) is 81.3. The Balaban J connectivity index is 4.14. The first-order valence-electron chi connectivity index (χ1n) is 33.6. The van der Waals surface area contributed by atoms with Crippen LogP contribution in [0.4, 0.5) is 0 Å². The van der Waals surface area contributed by atoms with Crippen molar-refractivity contribution in [2.75, 3.05) is 13.2 Å². The monoisotopic (exact) mass is 1060 g/mol. The van der Waals surface area contributed by atoms with E-state index in [1.165, 1.54) is 244 Å². The normalized spacial score (nSPS) is 12.3. The number of carbonyl (C=O) groups excluding carboxylic acids is 3. The molecule has 0 aromatic carbocycles. The number of carbonyl (C=O) groups is 3. The Morgan fingerprint density at radius 1 is 0.263 bits per heavy atom. The molecule has 0 aliphatic carbocycles. The van der Waals surface area contributed by atoms with Gasteiger partial charge in [-0.05, 0) is 83.5 Å². The van der Waals surface area contributed by atoms with E-state index in [0.29, 0.717) is 19.3 Å². The molecule has 0 radical (unpaired) electrons. The summed E-state index contributed by atoms with van der Waals surface area (Å²) in [7, 11) is 0. The molecule has 0 rings (SSSR count). The van der Waals surface area contributed by atoms with Gasteiger partial charge in [-0.2, -0.15) is 0 Å². The molecule has 6 nitrogen and oxygen atoms in total. The van der Waals surface area contributed by atoms with E-state index in [1.807, 2.05) is 0 Å². The molecule has 76 heavy (non-hydrogen) atoms. The topological polar surface area (TPSA) is 78.9 Å². The van der Waals surface area contributed by atoms with Crippen molar-refractivity contribution in [3.63, 3.8) is 0 Å². The first-order chi connectivity index (χ1) is 37.5. The highest BCUT2D eigenvalue weighted by molar-refractivity contribution is 5.71. The second kappa shape index (κ2) is 64.9. The van der Waals surface area contributed by atoms with E-state index in [4.69, 9.17) is 14.2 Å². The molecule has 0 spiro atoms. The molecule has 0 saturated carbocycles. The van der Waals surface area contributed by atoms with E-state index in [2.05, 4.69) is 69.4 Å². The fourth-order valence-corrected chi connectivity index (χ4v) is 9.98. The smallest absolute Gasteiger partial charge is 0.306 e. The maximum atomic E-state index is 12.9. The summed E-state index contributed by atoms with van der Waals surface area (Å²) >= 11 is 0. The van der Waals surface area contributed by atoms with Crippen molar-refractivity contribution in [3.8, 4) is 0 Å². The minimum absolute atomic E-state index is 0.0713. The van der Waals surface area contributed by atoms with Gasteiger partial charge in [0.25, 0.3) is 0 Å². The van der Waals surface area contributed by atoms with E-state index in [1.54, 1.807) is 0 Å².